The van der Waals surface area contributed by atoms with Crippen LogP contribution in [0.4, 0.5) is 4.39 Å². The van der Waals surface area contributed by atoms with Crippen LogP contribution in [-0.2, 0) is 5.60 Å². The Morgan fingerprint density at radius 3 is 2.70 bits per heavy atom. The second-order valence-corrected chi connectivity index (χ2v) is 5.28. The van der Waals surface area contributed by atoms with Crippen molar-refractivity contribution < 1.29 is 9.50 Å². The molecule has 3 rings (SSSR count). The van der Waals surface area contributed by atoms with Crippen molar-refractivity contribution >= 4 is 10.9 Å². The van der Waals surface area contributed by atoms with Crippen LogP contribution in [0, 0.1) is 12.7 Å². The summed E-state index contributed by atoms with van der Waals surface area (Å²) >= 11 is 0. The molecule has 0 fully saturated rings. The first-order chi connectivity index (χ1) is 9.50. The van der Waals surface area contributed by atoms with Crippen molar-refractivity contribution in [3.05, 3.63) is 71.2 Å². The maximum absolute atomic E-state index is 13.8. The molecule has 3 heteroatoms. The molecule has 0 saturated carbocycles. The topological polar surface area (TPSA) is 36.0 Å². The molecule has 0 spiro atoms. The van der Waals surface area contributed by atoms with Gasteiger partial charge in [0.1, 0.15) is 11.4 Å². The van der Waals surface area contributed by atoms with Crippen molar-refractivity contribution in [3.8, 4) is 0 Å². The van der Waals surface area contributed by atoms with Gasteiger partial charge < -0.3 is 10.1 Å². The number of H-pyrrole nitrogens is 1. The van der Waals surface area contributed by atoms with Crippen LogP contribution >= 0.6 is 0 Å². The first-order valence-electron chi connectivity index (χ1n) is 6.56. The third kappa shape index (κ3) is 1.91. The van der Waals surface area contributed by atoms with E-state index in [-0.39, 0.29) is 5.82 Å². The van der Waals surface area contributed by atoms with Gasteiger partial charge in [-0.1, -0.05) is 24.3 Å². The Bertz CT molecular complexity index is 774. The molecule has 0 radical (unpaired) electrons. The SMILES string of the molecule is Cc1ccc(C(C)(O)c2cccc3[nH]ccc23)cc1F. The van der Waals surface area contributed by atoms with Gasteiger partial charge in [-0.2, -0.15) is 0 Å². The average molecular weight is 269 g/mol. The lowest BCUT2D eigenvalue weighted by Gasteiger charge is -2.25. The lowest BCUT2D eigenvalue weighted by Crippen LogP contribution is -2.23. The average Bonchev–Trinajstić information content (AvgIpc) is 2.89. The number of aliphatic hydroxyl groups is 1. The van der Waals surface area contributed by atoms with Crippen molar-refractivity contribution in [2.24, 2.45) is 0 Å². The summed E-state index contributed by atoms with van der Waals surface area (Å²) in [6, 6.07) is 12.5. The second kappa shape index (κ2) is 4.46. The van der Waals surface area contributed by atoms with E-state index >= 15 is 0 Å². The van der Waals surface area contributed by atoms with Crippen LogP contribution in [0.3, 0.4) is 0 Å². The van der Waals surface area contributed by atoms with E-state index in [2.05, 4.69) is 4.98 Å². The summed E-state index contributed by atoms with van der Waals surface area (Å²) in [5, 5.41) is 11.9. The fraction of sp³-hybridized carbons (Fsp3) is 0.176. The number of benzene rings is 2. The standard InChI is InChI=1S/C17H16FNO/c1-11-6-7-12(10-15(11)18)17(2,20)14-4-3-5-16-13(14)8-9-19-16/h3-10,19-20H,1-2H3. The lowest BCUT2D eigenvalue weighted by molar-refractivity contribution is 0.103. The number of hydrogen-bond acceptors (Lipinski definition) is 1. The number of hydrogen-bond donors (Lipinski definition) is 2. The summed E-state index contributed by atoms with van der Waals surface area (Å²) in [6.45, 7) is 3.40. The van der Waals surface area contributed by atoms with E-state index in [1.54, 1.807) is 26.0 Å². The van der Waals surface area contributed by atoms with E-state index in [0.29, 0.717) is 11.1 Å². The first kappa shape index (κ1) is 12.9. The van der Waals surface area contributed by atoms with Crippen LogP contribution in [0.2, 0.25) is 0 Å². The lowest BCUT2D eigenvalue weighted by atomic mass is 9.86. The number of nitrogens with one attached hydrogen (secondary N) is 1. The van der Waals surface area contributed by atoms with Crippen molar-refractivity contribution in [3.63, 3.8) is 0 Å². The predicted octanol–water partition coefficient (Wildman–Crippen LogP) is 3.87. The Morgan fingerprint density at radius 2 is 1.95 bits per heavy atom. The van der Waals surface area contributed by atoms with Gasteiger partial charge in [0, 0.05) is 17.1 Å². The number of aryl methyl sites for hydroxylation is 1. The van der Waals surface area contributed by atoms with Crippen molar-refractivity contribution in [2.75, 3.05) is 0 Å². The molecule has 2 N–H and O–H groups in total. The zero-order valence-electron chi connectivity index (χ0n) is 11.4. The van der Waals surface area contributed by atoms with Crippen molar-refractivity contribution in [1.82, 2.24) is 4.98 Å². The van der Waals surface area contributed by atoms with Crippen LogP contribution in [0.25, 0.3) is 10.9 Å². The number of fused-ring (bicyclic) bond motifs is 1. The van der Waals surface area contributed by atoms with E-state index in [9.17, 15) is 9.50 Å². The molecule has 2 nitrogen and oxygen atoms in total. The predicted molar refractivity (Wildman–Crippen MR) is 78.1 cm³/mol. The minimum Gasteiger partial charge on any atom is -0.381 e. The van der Waals surface area contributed by atoms with Gasteiger partial charge >= 0.3 is 0 Å². The molecule has 0 amide bonds. The number of aromatic amines is 1. The molecule has 102 valence electrons. The van der Waals surface area contributed by atoms with Gasteiger partial charge in [-0.3, -0.25) is 0 Å². The Hall–Kier alpha value is -2.13. The first-order valence-corrected chi connectivity index (χ1v) is 6.56. The van der Waals surface area contributed by atoms with Crippen LogP contribution in [0.5, 0.6) is 0 Å². The normalized spacial score (nSPS) is 14.4. The van der Waals surface area contributed by atoms with Gasteiger partial charge in [0.05, 0.1) is 0 Å². The Labute approximate surface area is 116 Å². The van der Waals surface area contributed by atoms with Crippen LogP contribution in [0.1, 0.15) is 23.6 Å². The highest BCUT2D eigenvalue weighted by Crippen LogP contribution is 2.34. The minimum atomic E-state index is -1.24. The molecule has 1 heterocycles. The molecule has 0 aliphatic rings. The zero-order valence-corrected chi connectivity index (χ0v) is 11.4. The van der Waals surface area contributed by atoms with Gasteiger partial charge in [-0.25, -0.2) is 4.39 Å². The Kier molecular flexibility index (Phi) is 2.87. The van der Waals surface area contributed by atoms with Crippen LogP contribution in [-0.4, -0.2) is 10.1 Å². The quantitative estimate of drug-likeness (QED) is 0.728. The summed E-state index contributed by atoms with van der Waals surface area (Å²) in [6.07, 6.45) is 1.83. The maximum Gasteiger partial charge on any atom is 0.126 e. The summed E-state index contributed by atoms with van der Waals surface area (Å²) in [5.74, 6) is -0.302. The molecular formula is C17H16FNO. The number of halogens is 1. The van der Waals surface area contributed by atoms with Crippen LogP contribution in [0.15, 0.2) is 48.7 Å². The molecule has 20 heavy (non-hydrogen) atoms. The zero-order chi connectivity index (χ0) is 14.3. The fourth-order valence-corrected chi connectivity index (χ4v) is 2.56. The largest absolute Gasteiger partial charge is 0.381 e. The van der Waals surface area contributed by atoms with E-state index in [4.69, 9.17) is 0 Å². The highest BCUT2D eigenvalue weighted by atomic mass is 19.1. The highest BCUT2D eigenvalue weighted by Gasteiger charge is 2.28. The summed E-state index contributed by atoms with van der Waals surface area (Å²) < 4.78 is 13.8. The Morgan fingerprint density at radius 1 is 1.15 bits per heavy atom. The van der Waals surface area contributed by atoms with Crippen molar-refractivity contribution in [1.29, 1.82) is 0 Å². The monoisotopic (exact) mass is 269 g/mol. The van der Waals surface area contributed by atoms with Gasteiger partial charge in [-0.15, -0.1) is 0 Å². The smallest absolute Gasteiger partial charge is 0.126 e. The van der Waals surface area contributed by atoms with Gasteiger partial charge in [0.25, 0.3) is 0 Å². The van der Waals surface area contributed by atoms with Crippen LogP contribution < -0.4 is 0 Å². The molecule has 0 aliphatic carbocycles. The maximum atomic E-state index is 13.8. The molecule has 0 bridgehead atoms. The Balaban J connectivity index is 2.20. The van der Waals surface area contributed by atoms with E-state index in [1.165, 1.54) is 6.07 Å². The number of rotatable bonds is 2. The summed E-state index contributed by atoms with van der Waals surface area (Å²) in [7, 11) is 0. The fourth-order valence-electron chi connectivity index (χ4n) is 2.56. The third-order valence-electron chi connectivity index (χ3n) is 3.85. The van der Waals surface area contributed by atoms with Gasteiger partial charge in [0.2, 0.25) is 0 Å². The number of aromatic nitrogens is 1. The molecule has 1 atom stereocenters. The summed E-state index contributed by atoms with van der Waals surface area (Å²) in [4.78, 5) is 3.12. The van der Waals surface area contributed by atoms with E-state index in [1.807, 2.05) is 30.5 Å². The van der Waals surface area contributed by atoms with E-state index in [0.717, 1.165) is 16.5 Å². The molecule has 1 aromatic heterocycles. The van der Waals surface area contributed by atoms with Gasteiger partial charge in [0.15, 0.2) is 0 Å². The molecular weight excluding hydrogens is 253 g/mol. The molecule has 0 saturated heterocycles. The molecule has 3 aromatic rings. The molecule has 2 aromatic carbocycles. The third-order valence-corrected chi connectivity index (χ3v) is 3.85. The second-order valence-electron chi connectivity index (χ2n) is 5.28. The summed E-state index contributed by atoms with van der Waals surface area (Å²) in [5.41, 5.74) is 1.60. The molecule has 1 unspecified atom stereocenters. The minimum absolute atomic E-state index is 0.302. The van der Waals surface area contributed by atoms with Gasteiger partial charge in [-0.05, 0) is 48.7 Å². The van der Waals surface area contributed by atoms with E-state index < -0.39 is 5.60 Å². The van der Waals surface area contributed by atoms with Crippen molar-refractivity contribution in [2.45, 2.75) is 19.4 Å². The molecule has 0 aliphatic heterocycles. The highest BCUT2D eigenvalue weighted by molar-refractivity contribution is 5.84.